The number of ether oxygens (including phenoxy) is 1. The Kier molecular flexibility index (Phi) is 5.68. The van der Waals surface area contributed by atoms with E-state index in [1.807, 2.05) is 6.07 Å². The summed E-state index contributed by atoms with van der Waals surface area (Å²) >= 11 is 5.71. The molecule has 0 amide bonds. The lowest BCUT2D eigenvalue weighted by Gasteiger charge is -2.20. The van der Waals surface area contributed by atoms with Gasteiger partial charge in [0.05, 0.1) is 17.0 Å². The number of halogens is 3. The van der Waals surface area contributed by atoms with Gasteiger partial charge in [-0.1, -0.05) is 11.6 Å². The summed E-state index contributed by atoms with van der Waals surface area (Å²) in [5.41, 5.74) is -0.858. The Morgan fingerprint density at radius 1 is 1.38 bits per heavy atom. The number of esters is 1. The van der Waals surface area contributed by atoms with Crippen LogP contribution in [-0.4, -0.2) is 11.6 Å². The summed E-state index contributed by atoms with van der Waals surface area (Å²) in [6.07, 6.45) is -0.0761. The molecule has 0 N–H and O–H groups in total. The molecule has 3 nitrogen and oxygen atoms in total. The van der Waals surface area contributed by atoms with Crippen molar-refractivity contribution in [2.24, 2.45) is 0 Å². The number of nitrogens with zero attached hydrogens (tertiary/aromatic N) is 1. The van der Waals surface area contributed by atoms with Gasteiger partial charge in [0.15, 0.2) is 0 Å². The highest BCUT2D eigenvalue weighted by molar-refractivity contribution is 6.31. The van der Waals surface area contributed by atoms with Gasteiger partial charge in [-0.3, -0.25) is 4.79 Å². The van der Waals surface area contributed by atoms with Crippen LogP contribution in [0.5, 0.6) is 0 Å². The van der Waals surface area contributed by atoms with Crippen molar-refractivity contribution in [3.8, 4) is 6.07 Å². The topological polar surface area (TPSA) is 50.1 Å². The fourth-order valence-electron chi connectivity index (χ4n) is 1.79. The zero-order valence-corrected chi connectivity index (χ0v) is 12.8. The molecule has 1 aromatic rings. The summed E-state index contributed by atoms with van der Waals surface area (Å²) in [6, 6.07) is 3.65. The molecule has 1 rings (SSSR count). The molecule has 0 saturated carbocycles. The van der Waals surface area contributed by atoms with Crippen LogP contribution in [0.1, 0.15) is 45.1 Å². The van der Waals surface area contributed by atoms with E-state index in [4.69, 9.17) is 21.6 Å². The van der Waals surface area contributed by atoms with Gasteiger partial charge in [-0.05, 0) is 39.3 Å². The van der Waals surface area contributed by atoms with E-state index in [9.17, 15) is 13.6 Å². The van der Waals surface area contributed by atoms with Gasteiger partial charge in [-0.2, -0.15) is 5.26 Å². The highest BCUT2D eigenvalue weighted by Crippen LogP contribution is 2.32. The van der Waals surface area contributed by atoms with Crippen LogP contribution in [0.2, 0.25) is 5.02 Å². The Hall–Kier alpha value is -1.67. The van der Waals surface area contributed by atoms with Crippen LogP contribution in [0.3, 0.4) is 0 Å². The number of hydrogen-bond acceptors (Lipinski definition) is 3. The molecule has 1 aromatic carbocycles. The SMILES string of the molecule is CC(C)(C)OC(=O)CCC(C#N)c1c(F)ccc(F)c1Cl. The van der Waals surface area contributed by atoms with Crippen molar-refractivity contribution in [1.82, 2.24) is 0 Å². The zero-order chi connectivity index (χ0) is 16.2. The van der Waals surface area contributed by atoms with E-state index in [1.54, 1.807) is 20.8 Å². The molecule has 0 bridgehead atoms. The van der Waals surface area contributed by atoms with Gasteiger partial charge in [0.1, 0.15) is 17.2 Å². The smallest absolute Gasteiger partial charge is 0.306 e. The molecule has 0 heterocycles. The molecule has 0 aromatic heterocycles. The zero-order valence-electron chi connectivity index (χ0n) is 12.0. The van der Waals surface area contributed by atoms with Crippen molar-refractivity contribution in [1.29, 1.82) is 5.26 Å². The van der Waals surface area contributed by atoms with Crippen molar-refractivity contribution in [2.45, 2.75) is 45.1 Å². The Bertz CT molecular complexity index is 576. The number of carbonyl (C=O) groups is 1. The molecule has 0 fully saturated rings. The lowest BCUT2D eigenvalue weighted by molar-refractivity contribution is -0.154. The molecule has 6 heteroatoms. The Labute approximate surface area is 127 Å². The van der Waals surface area contributed by atoms with Crippen LogP contribution in [0.15, 0.2) is 12.1 Å². The summed E-state index contributed by atoms with van der Waals surface area (Å²) in [6.45, 7) is 5.15. The third-order valence-corrected chi connectivity index (χ3v) is 3.03. The van der Waals surface area contributed by atoms with Gasteiger partial charge < -0.3 is 4.74 Å². The molecule has 114 valence electrons. The largest absolute Gasteiger partial charge is 0.460 e. The summed E-state index contributed by atoms with van der Waals surface area (Å²) in [5.74, 6) is -3.08. The molecule has 0 aliphatic carbocycles. The minimum absolute atomic E-state index is 0.00546. The maximum Gasteiger partial charge on any atom is 0.306 e. The molecule has 0 radical (unpaired) electrons. The number of benzene rings is 1. The molecule has 0 aliphatic rings. The van der Waals surface area contributed by atoms with Gasteiger partial charge in [0, 0.05) is 12.0 Å². The van der Waals surface area contributed by atoms with Gasteiger partial charge >= 0.3 is 5.97 Å². The predicted molar refractivity (Wildman–Crippen MR) is 74.8 cm³/mol. The minimum atomic E-state index is -1.01. The second kappa shape index (κ2) is 6.86. The first-order valence-electron chi connectivity index (χ1n) is 6.40. The average molecular weight is 316 g/mol. The first-order valence-corrected chi connectivity index (χ1v) is 6.78. The van der Waals surface area contributed by atoms with Crippen LogP contribution in [0.4, 0.5) is 8.78 Å². The van der Waals surface area contributed by atoms with Crippen molar-refractivity contribution in [3.63, 3.8) is 0 Å². The second-order valence-corrected chi connectivity index (χ2v) is 5.94. The number of hydrogen-bond donors (Lipinski definition) is 0. The molecule has 0 spiro atoms. The monoisotopic (exact) mass is 315 g/mol. The summed E-state index contributed by atoms with van der Waals surface area (Å²) in [7, 11) is 0. The molecule has 21 heavy (non-hydrogen) atoms. The fraction of sp³-hybridized carbons (Fsp3) is 0.467. The van der Waals surface area contributed by atoms with Crippen molar-refractivity contribution >= 4 is 17.6 Å². The number of nitriles is 1. The van der Waals surface area contributed by atoms with E-state index in [2.05, 4.69) is 0 Å². The van der Waals surface area contributed by atoms with Crippen LogP contribution >= 0.6 is 11.6 Å². The van der Waals surface area contributed by atoms with Gasteiger partial charge in [-0.25, -0.2) is 8.78 Å². The van der Waals surface area contributed by atoms with E-state index in [0.29, 0.717) is 0 Å². The normalized spacial score (nSPS) is 12.6. The quantitative estimate of drug-likeness (QED) is 0.613. The third-order valence-electron chi connectivity index (χ3n) is 2.64. The first-order chi connectivity index (χ1) is 9.65. The van der Waals surface area contributed by atoms with Crippen LogP contribution in [-0.2, 0) is 9.53 Å². The van der Waals surface area contributed by atoms with Gasteiger partial charge in [0.25, 0.3) is 0 Å². The predicted octanol–water partition coefficient (Wildman–Crippen LogP) is 4.35. The average Bonchev–Trinajstić information content (AvgIpc) is 2.36. The Morgan fingerprint density at radius 3 is 2.48 bits per heavy atom. The van der Waals surface area contributed by atoms with E-state index in [1.165, 1.54) is 0 Å². The fourth-order valence-corrected chi connectivity index (χ4v) is 2.08. The minimum Gasteiger partial charge on any atom is -0.460 e. The molecule has 1 unspecified atom stereocenters. The van der Waals surface area contributed by atoms with Crippen LogP contribution in [0, 0.1) is 23.0 Å². The van der Waals surface area contributed by atoms with Crippen molar-refractivity contribution in [3.05, 3.63) is 34.4 Å². The first kappa shape index (κ1) is 17.4. The number of carbonyl (C=O) groups excluding carboxylic acids is 1. The van der Waals surface area contributed by atoms with Crippen LogP contribution < -0.4 is 0 Å². The highest BCUT2D eigenvalue weighted by Gasteiger charge is 2.24. The highest BCUT2D eigenvalue weighted by atomic mass is 35.5. The Morgan fingerprint density at radius 2 is 1.95 bits per heavy atom. The molecular formula is C15H16ClF2NO2. The molecule has 0 saturated heterocycles. The van der Waals surface area contributed by atoms with Crippen molar-refractivity contribution < 1.29 is 18.3 Å². The van der Waals surface area contributed by atoms with E-state index in [-0.39, 0.29) is 18.4 Å². The van der Waals surface area contributed by atoms with E-state index < -0.39 is 34.1 Å². The summed E-state index contributed by atoms with van der Waals surface area (Å²) in [5, 5.41) is 8.69. The van der Waals surface area contributed by atoms with E-state index in [0.717, 1.165) is 12.1 Å². The van der Waals surface area contributed by atoms with Crippen LogP contribution in [0.25, 0.3) is 0 Å². The number of rotatable bonds is 4. The van der Waals surface area contributed by atoms with E-state index >= 15 is 0 Å². The molecular weight excluding hydrogens is 300 g/mol. The summed E-state index contributed by atoms with van der Waals surface area (Å²) in [4.78, 5) is 11.6. The summed E-state index contributed by atoms with van der Waals surface area (Å²) < 4.78 is 32.2. The van der Waals surface area contributed by atoms with Gasteiger partial charge in [-0.15, -0.1) is 0 Å². The standard InChI is InChI=1S/C15H16ClF2NO2/c1-15(2,3)21-12(20)7-4-9(8-19)13-10(17)5-6-11(18)14(13)16/h5-6,9H,4,7H2,1-3H3. The Balaban J connectivity index is 2.85. The lowest BCUT2D eigenvalue weighted by atomic mass is 9.95. The molecule has 1 atom stereocenters. The third kappa shape index (κ3) is 4.98. The maximum absolute atomic E-state index is 13.7. The molecule has 0 aliphatic heterocycles. The van der Waals surface area contributed by atoms with Gasteiger partial charge in [0.2, 0.25) is 0 Å². The second-order valence-electron chi connectivity index (χ2n) is 5.56. The lowest BCUT2D eigenvalue weighted by Crippen LogP contribution is -2.24. The maximum atomic E-state index is 13.7. The van der Waals surface area contributed by atoms with Crippen molar-refractivity contribution in [2.75, 3.05) is 0 Å².